The lowest BCUT2D eigenvalue weighted by molar-refractivity contribution is -0.128. The van der Waals surface area contributed by atoms with E-state index in [2.05, 4.69) is 5.32 Å². The third-order valence-corrected chi connectivity index (χ3v) is 2.59. The maximum Gasteiger partial charge on any atom is 0.230 e. The van der Waals surface area contributed by atoms with Crippen molar-refractivity contribution in [1.29, 1.82) is 0 Å². The molecule has 0 saturated carbocycles. The molecule has 0 unspecified atom stereocenters. The average Bonchev–Trinajstić information content (AvgIpc) is 2.61. The number of rotatable bonds is 2. The summed E-state index contributed by atoms with van der Waals surface area (Å²) in [5.41, 5.74) is 0. The third-order valence-electron chi connectivity index (χ3n) is 2.59. The first kappa shape index (κ1) is 9.18. The lowest BCUT2D eigenvalue weighted by atomic mass is 10.2. The normalized spacial score (nSPS) is 27.3. The quantitative estimate of drug-likeness (QED) is 0.580. The van der Waals surface area contributed by atoms with Gasteiger partial charge in [-0.3, -0.25) is 14.4 Å². The number of carbonyl (C=O) groups is 3. The van der Waals surface area contributed by atoms with Crippen LogP contribution in [0.3, 0.4) is 0 Å². The van der Waals surface area contributed by atoms with Crippen molar-refractivity contribution in [2.45, 2.75) is 25.3 Å². The van der Waals surface area contributed by atoms with Gasteiger partial charge >= 0.3 is 0 Å². The summed E-state index contributed by atoms with van der Waals surface area (Å²) < 4.78 is 0. The van der Waals surface area contributed by atoms with Gasteiger partial charge in [0.1, 0.15) is 0 Å². The number of nitrogens with zero attached hydrogens (tertiary/aromatic N) is 1. The average molecular weight is 196 g/mol. The second kappa shape index (κ2) is 3.40. The van der Waals surface area contributed by atoms with E-state index in [1.54, 1.807) is 0 Å². The first-order chi connectivity index (χ1) is 6.65. The predicted molar refractivity (Wildman–Crippen MR) is 47.4 cm³/mol. The minimum absolute atomic E-state index is 0.0284. The Kier molecular flexibility index (Phi) is 2.23. The van der Waals surface area contributed by atoms with Crippen molar-refractivity contribution < 1.29 is 14.4 Å². The fraction of sp³-hybridized carbons (Fsp3) is 0.667. The van der Waals surface area contributed by atoms with Crippen LogP contribution in [0.4, 0.5) is 0 Å². The fourth-order valence-electron chi connectivity index (χ4n) is 1.88. The van der Waals surface area contributed by atoms with E-state index in [0.717, 1.165) is 6.42 Å². The van der Waals surface area contributed by atoms with Crippen LogP contribution in [-0.4, -0.2) is 41.6 Å². The van der Waals surface area contributed by atoms with Gasteiger partial charge in [-0.2, -0.15) is 0 Å². The van der Waals surface area contributed by atoms with Gasteiger partial charge in [-0.05, 0) is 6.42 Å². The van der Waals surface area contributed by atoms with Crippen molar-refractivity contribution >= 4 is 17.6 Å². The summed E-state index contributed by atoms with van der Waals surface area (Å²) in [6.07, 6.45) is 1.32. The highest BCUT2D eigenvalue weighted by atomic mass is 16.2. The van der Waals surface area contributed by atoms with E-state index in [9.17, 15) is 14.4 Å². The van der Waals surface area contributed by atoms with E-state index in [4.69, 9.17) is 0 Å². The number of nitrogens with one attached hydrogen (secondary N) is 1. The SMILES string of the molecule is O=C1CC(=O)N(C[C@H]2CCC(=O)N2)C1. The summed E-state index contributed by atoms with van der Waals surface area (Å²) in [6.45, 7) is 0.696. The van der Waals surface area contributed by atoms with E-state index in [0.29, 0.717) is 13.0 Å². The summed E-state index contributed by atoms with van der Waals surface area (Å²) in [6, 6.07) is 0.0392. The monoisotopic (exact) mass is 196 g/mol. The zero-order chi connectivity index (χ0) is 10.1. The Hall–Kier alpha value is -1.39. The van der Waals surface area contributed by atoms with Crippen LogP contribution in [0.5, 0.6) is 0 Å². The van der Waals surface area contributed by atoms with Crippen LogP contribution < -0.4 is 5.32 Å². The topological polar surface area (TPSA) is 66.5 Å². The van der Waals surface area contributed by atoms with E-state index in [-0.39, 0.29) is 36.6 Å². The maximum atomic E-state index is 11.2. The molecule has 0 aromatic heterocycles. The number of ketones is 1. The Morgan fingerprint density at radius 3 is 2.64 bits per heavy atom. The first-order valence-corrected chi connectivity index (χ1v) is 4.74. The van der Waals surface area contributed by atoms with Crippen molar-refractivity contribution in [2.75, 3.05) is 13.1 Å². The smallest absolute Gasteiger partial charge is 0.230 e. The molecule has 0 bridgehead atoms. The van der Waals surface area contributed by atoms with Gasteiger partial charge in [0.2, 0.25) is 11.8 Å². The Morgan fingerprint density at radius 2 is 2.14 bits per heavy atom. The molecule has 14 heavy (non-hydrogen) atoms. The van der Waals surface area contributed by atoms with Crippen LogP contribution in [-0.2, 0) is 14.4 Å². The molecule has 2 aliphatic heterocycles. The van der Waals surface area contributed by atoms with Crippen molar-refractivity contribution in [3.63, 3.8) is 0 Å². The Morgan fingerprint density at radius 1 is 1.36 bits per heavy atom. The Balaban J connectivity index is 1.89. The van der Waals surface area contributed by atoms with Crippen molar-refractivity contribution in [2.24, 2.45) is 0 Å². The van der Waals surface area contributed by atoms with Crippen molar-refractivity contribution in [3.05, 3.63) is 0 Å². The number of amides is 2. The van der Waals surface area contributed by atoms with Crippen LogP contribution in [0.1, 0.15) is 19.3 Å². The van der Waals surface area contributed by atoms with E-state index in [1.165, 1.54) is 4.90 Å². The van der Waals surface area contributed by atoms with Crippen LogP contribution in [0.15, 0.2) is 0 Å². The molecule has 2 rings (SSSR count). The third kappa shape index (κ3) is 1.76. The second-order valence-corrected chi connectivity index (χ2v) is 3.79. The zero-order valence-electron chi connectivity index (χ0n) is 7.78. The highest BCUT2D eigenvalue weighted by molar-refractivity contribution is 6.05. The second-order valence-electron chi connectivity index (χ2n) is 3.79. The molecule has 1 atom stereocenters. The van der Waals surface area contributed by atoms with Gasteiger partial charge < -0.3 is 10.2 Å². The van der Waals surface area contributed by atoms with E-state index < -0.39 is 0 Å². The number of likely N-dealkylation sites (tertiary alicyclic amines) is 1. The Bertz CT molecular complexity index is 300. The van der Waals surface area contributed by atoms with Crippen LogP contribution >= 0.6 is 0 Å². The molecule has 0 aromatic carbocycles. The molecule has 0 aliphatic carbocycles. The van der Waals surface area contributed by atoms with Gasteiger partial charge in [0.05, 0.1) is 13.0 Å². The highest BCUT2D eigenvalue weighted by Gasteiger charge is 2.31. The molecule has 5 nitrogen and oxygen atoms in total. The fourth-order valence-corrected chi connectivity index (χ4v) is 1.88. The van der Waals surface area contributed by atoms with Gasteiger partial charge in [0, 0.05) is 19.0 Å². The minimum Gasteiger partial charge on any atom is -0.352 e. The standard InChI is InChI=1S/C9H12N2O3/c12-7-3-9(14)11(5-7)4-6-1-2-8(13)10-6/h6H,1-5H2,(H,10,13)/t6-/m1/s1. The van der Waals surface area contributed by atoms with Gasteiger partial charge in [-0.15, -0.1) is 0 Å². The van der Waals surface area contributed by atoms with Crippen LogP contribution in [0, 0.1) is 0 Å². The molecule has 1 N–H and O–H groups in total. The van der Waals surface area contributed by atoms with Gasteiger partial charge in [-0.1, -0.05) is 0 Å². The van der Waals surface area contributed by atoms with Gasteiger partial charge in [0.25, 0.3) is 0 Å². The predicted octanol–water partition coefficient (Wildman–Crippen LogP) is -0.934. The molecular formula is C9H12N2O3. The number of hydrogen-bond donors (Lipinski definition) is 1. The number of Topliss-reactive ketones (excluding diaryl/α,β-unsaturated/α-hetero) is 1. The van der Waals surface area contributed by atoms with Crippen LogP contribution in [0.2, 0.25) is 0 Å². The van der Waals surface area contributed by atoms with E-state index >= 15 is 0 Å². The lowest BCUT2D eigenvalue weighted by Crippen LogP contribution is -2.39. The number of carbonyl (C=O) groups excluding carboxylic acids is 3. The zero-order valence-corrected chi connectivity index (χ0v) is 7.78. The molecule has 2 heterocycles. The highest BCUT2D eigenvalue weighted by Crippen LogP contribution is 2.12. The van der Waals surface area contributed by atoms with Crippen LogP contribution in [0.25, 0.3) is 0 Å². The molecule has 2 aliphatic rings. The van der Waals surface area contributed by atoms with Crippen molar-refractivity contribution in [1.82, 2.24) is 10.2 Å². The maximum absolute atomic E-state index is 11.2. The summed E-state index contributed by atoms with van der Waals surface area (Å²) in [7, 11) is 0. The van der Waals surface area contributed by atoms with Gasteiger partial charge in [-0.25, -0.2) is 0 Å². The molecule has 0 aromatic rings. The minimum atomic E-state index is -0.115. The molecule has 2 saturated heterocycles. The summed E-state index contributed by atoms with van der Waals surface area (Å²) in [5.74, 6) is -0.108. The van der Waals surface area contributed by atoms with E-state index in [1.807, 2.05) is 0 Å². The summed E-state index contributed by atoms with van der Waals surface area (Å²) in [4.78, 5) is 34.6. The van der Waals surface area contributed by atoms with Gasteiger partial charge in [0.15, 0.2) is 5.78 Å². The first-order valence-electron chi connectivity index (χ1n) is 4.74. The Labute approximate surface area is 81.4 Å². The molecule has 2 amide bonds. The molecule has 5 heteroatoms. The lowest BCUT2D eigenvalue weighted by Gasteiger charge is -2.19. The largest absolute Gasteiger partial charge is 0.352 e. The number of hydrogen-bond acceptors (Lipinski definition) is 3. The molecule has 0 radical (unpaired) electrons. The van der Waals surface area contributed by atoms with Crippen molar-refractivity contribution in [3.8, 4) is 0 Å². The molecule has 0 spiro atoms. The summed E-state index contributed by atoms with van der Waals surface area (Å²) >= 11 is 0. The molecule has 2 fully saturated rings. The molecular weight excluding hydrogens is 184 g/mol. The molecule has 76 valence electrons. The summed E-state index contributed by atoms with van der Waals surface area (Å²) in [5, 5.41) is 2.77.